The Labute approximate surface area is 181 Å². The van der Waals surface area contributed by atoms with E-state index < -0.39 is 10.0 Å². The lowest BCUT2D eigenvalue weighted by molar-refractivity contribution is 0.590. The smallest absolute Gasteiger partial charge is 0.281 e. The molecule has 31 heavy (non-hydrogen) atoms. The normalized spacial score (nSPS) is 13.7. The summed E-state index contributed by atoms with van der Waals surface area (Å²) in [6.45, 7) is 2.88. The molecule has 4 aromatic rings. The largest absolute Gasteiger partial charge is 0.374 e. The Morgan fingerprint density at radius 1 is 1.16 bits per heavy atom. The quantitative estimate of drug-likeness (QED) is 0.531. The van der Waals surface area contributed by atoms with Gasteiger partial charge in [0.2, 0.25) is 0 Å². The van der Waals surface area contributed by atoms with Gasteiger partial charge in [-0.25, -0.2) is 4.98 Å². The van der Waals surface area contributed by atoms with Crippen LogP contribution in [0.25, 0.3) is 22.2 Å². The van der Waals surface area contributed by atoms with Gasteiger partial charge in [0.1, 0.15) is 5.65 Å². The fraction of sp³-hybridized carbons (Fsp3) is 0.273. The number of benzene rings is 1. The molecule has 0 fully saturated rings. The van der Waals surface area contributed by atoms with E-state index in [1.165, 1.54) is 27.8 Å². The van der Waals surface area contributed by atoms with E-state index in [9.17, 15) is 8.42 Å². The van der Waals surface area contributed by atoms with Gasteiger partial charge in [0.15, 0.2) is 5.03 Å². The van der Waals surface area contributed by atoms with Crippen LogP contribution in [-0.4, -0.2) is 48.8 Å². The summed E-state index contributed by atoms with van der Waals surface area (Å²) in [4.78, 5) is 6.96. The van der Waals surface area contributed by atoms with Crippen molar-refractivity contribution in [2.24, 2.45) is 7.05 Å². The van der Waals surface area contributed by atoms with Crippen LogP contribution in [0.5, 0.6) is 0 Å². The maximum atomic E-state index is 13.2. The van der Waals surface area contributed by atoms with Crippen molar-refractivity contribution >= 4 is 32.4 Å². The Morgan fingerprint density at radius 2 is 1.97 bits per heavy atom. The van der Waals surface area contributed by atoms with Crippen molar-refractivity contribution in [2.45, 2.75) is 18.4 Å². The highest BCUT2D eigenvalue weighted by Gasteiger charge is 2.27. The molecule has 4 heterocycles. The molecule has 0 unspecified atom stereocenters. The molecule has 1 aromatic carbocycles. The van der Waals surface area contributed by atoms with E-state index in [2.05, 4.69) is 40.3 Å². The van der Waals surface area contributed by atoms with Crippen LogP contribution in [0.4, 0.5) is 11.4 Å². The van der Waals surface area contributed by atoms with Gasteiger partial charge >= 0.3 is 0 Å². The zero-order valence-corrected chi connectivity index (χ0v) is 18.7. The number of nitrogens with one attached hydrogen (secondary N) is 1. The number of aromatic nitrogens is 4. The van der Waals surface area contributed by atoms with Crippen molar-refractivity contribution in [1.82, 2.24) is 19.7 Å². The molecule has 0 saturated heterocycles. The van der Waals surface area contributed by atoms with Crippen molar-refractivity contribution in [2.75, 3.05) is 29.8 Å². The number of aryl methyl sites for hydroxylation is 2. The van der Waals surface area contributed by atoms with Gasteiger partial charge in [-0.3, -0.25) is 9.40 Å². The third-order valence-electron chi connectivity index (χ3n) is 6.01. The molecular weight excluding hydrogens is 412 g/mol. The second-order valence-electron chi connectivity index (χ2n) is 8.04. The van der Waals surface area contributed by atoms with Crippen LogP contribution in [0.1, 0.15) is 11.3 Å². The molecule has 0 amide bonds. The van der Waals surface area contributed by atoms with Crippen LogP contribution in [0.3, 0.4) is 0 Å². The first-order chi connectivity index (χ1) is 14.8. The van der Waals surface area contributed by atoms with Crippen molar-refractivity contribution in [3.05, 3.63) is 54.0 Å². The average Bonchev–Trinajstić information content (AvgIpc) is 3.48. The number of hydrogen-bond donors (Lipinski definition) is 1. The van der Waals surface area contributed by atoms with E-state index in [0.29, 0.717) is 5.69 Å². The maximum absolute atomic E-state index is 13.2. The molecule has 0 spiro atoms. The number of pyridine rings is 1. The molecule has 0 radical (unpaired) electrons. The summed E-state index contributed by atoms with van der Waals surface area (Å²) < 4.78 is 29.7. The van der Waals surface area contributed by atoms with Gasteiger partial charge in [-0.05, 0) is 42.7 Å². The average molecular weight is 437 g/mol. The number of likely N-dealkylation sites (N-methyl/N-ethyl adjacent to an activating group) is 1. The van der Waals surface area contributed by atoms with Crippen LogP contribution in [0.2, 0.25) is 0 Å². The first kappa shape index (κ1) is 19.6. The van der Waals surface area contributed by atoms with E-state index in [1.54, 1.807) is 7.05 Å². The molecule has 1 aliphatic rings. The Kier molecular flexibility index (Phi) is 4.33. The highest BCUT2D eigenvalue weighted by Crippen LogP contribution is 2.40. The molecular formula is C22H24N6O2S. The molecule has 0 bridgehead atoms. The van der Waals surface area contributed by atoms with Crippen LogP contribution in [0.15, 0.2) is 47.8 Å². The van der Waals surface area contributed by atoms with Crippen molar-refractivity contribution < 1.29 is 8.42 Å². The molecule has 1 aliphatic heterocycles. The van der Waals surface area contributed by atoms with Gasteiger partial charge in [-0.15, -0.1) is 0 Å². The molecule has 3 aromatic heterocycles. The van der Waals surface area contributed by atoms with E-state index >= 15 is 0 Å². The zero-order chi connectivity index (χ0) is 21.9. The lowest BCUT2D eigenvalue weighted by Gasteiger charge is -2.21. The zero-order valence-electron chi connectivity index (χ0n) is 17.9. The Morgan fingerprint density at radius 3 is 2.71 bits per heavy atom. The standard InChI is InChI=1S/C22H24N6O2S/c1-14-11-19(28(4)31(29,30)20-7-9-23-25-20)21-17(13-27(3)22(21)24-14)16-6-5-15-8-10-26(2)18(15)12-16/h5-7,9,11-13H,8,10H2,1-4H3,(H,23,25). The highest BCUT2D eigenvalue weighted by atomic mass is 32.2. The number of sulfonamides is 1. The number of aromatic amines is 1. The Hall–Kier alpha value is -3.33. The molecule has 5 rings (SSSR count). The second kappa shape index (κ2) is 6.84. The van der Waals surface area contributed by atoms with Crippen LogP contribution < -0.4 is 9.21 Å². The SMILES string of the molecule is Cc1cc(N(C)S(=O)(=O)c2ccn[nH]2)c2c(-c3ccc4c(c3)N(C)CC4)cn(C)c2n1. The van der Waals surface area contributed by atoms with Crippen molar-refractivity contribution in [3.63, 3.8) is 0 Å². The minimum atomic E-state index is -3.79. The second-order valence-corrected chi connectivity index (χ2v) is 9.98. The van der Waals surface area contributed by atoms with Gasteiger partial charge in [0.25, 0.3) is 10.0 Å². The fourth-order valence-electron chi connectivity index (χ4n) is 4.31. The van der Waals surface area contributed by atoms with Crippen molar-refractivity contribution in [3.8, 4) is 11.1 Å². The molecule has 160 valence electrons. The third-order valence-corrected chi connectivity index (χ3v) is 7.71. The van der Waals surface area contributed by atoms with E-state index in [-0.39, 0.29) is 5.03 Å². The predicted octanol–water partition coefficient (Wildman–Crippen LogP) is 3.09. The molecule has 9 heteroatoms. The molecule has 0 saturated carbocycles. The summed E-state index contributed by atoms with van der Waals surface area (Å²) in [5, 5.41) is 7.23. The van der Waals surface area contributed by atoms with Crippen LogP contribution >= 0.6 is 0 Å². The van der Waals surface area contributed by atoms with E-state index in [4.69, 9.17) is 4.98 Å². The van der Waals surface area contributed by atoms with Crippen LogP contribution in [-0.2, 0) is 23.5 Å². The van der Waals surface area contributed by atoms with Gasteiger partial charge in [-0.1, -0.05) is 12.1 Å². The van der Waals surface area contributed by atoms with Crippen LogP contribution in [0, 0.1) is 6.92 Å². The van der Waals surface area contributed by atoms with Gasteiger partial charge in [0, 0.05) is 50.8 Å². The summed E-state index contributed by atoms with van der Waals surface area (Å²) in [6, 6.07) is 9.74. The Bertz CT molecular complexity index is 1410. The number of hydrogen-bond acceptors (Lipinski definition) is 5. The summed E-state index contributed by atoms with van der Waals surface area (Å²) in [7, 11) is 1.80. The number of anilines is 2. The summed E-state index contributed by atoms with van der Waals surface area (Å²) in [5.74, 6) is 0. The predicted molar refractivity (Wildman–Crippen MR) is 122 cm³/mol. The van der Waals surface area contributed by atoms with Gasteiger partial charge in [-0.2, -0.15) is 13.5 Å². The van der Waals surface area contributed by atoms with E-state index in [0.717, 1.165) is 40.8 Å². The summed E-state index contributed by atoms with van der Waals surface area (Å²) >= 11 is 0. The lowest BCUT2D eigenvalue weighted by Crippen LogP contribution is -2.27. The molecule has 8 nitrogen and oxygen atoms in total. The maximum Gasteiger partial charge on any atom is 0.281 e. The summed E-state index contributed by atoms with van der Waals surface area (Å²) in [6.07, 6.45) is 4.50. The molecule has 0 atom stereocenters. The van der Waals surface area contributed by atoms with Crippen molar-refractivity contribution in [1.29, 1.82) is 0 Å². The minimum absolute atomic E-state index is 0.0502. The lowest BCUT2D eigenvalue weighted by atomic mass is 10.0. The number of nitrogens with zero attached hydrogens (tertiary/aromatic N) is 5. The number of H-pyrrole nitrogens is 1. The number of rotatable bonds is 4. The van der Waals surface area contributed by atoms with Gasteiger partial charge < -0.3 is 9.47 Å². The molecule has 1 N–H and O–H groups in total. The topological polar surface area (TPSA) is 87.1 Å². The number of fused-ring (bicyclic) bond motifs is 2. The van der Waals surface area contributed by atoms with Gasteiger partial charge in [0.05, 0.1) is 17.3 Å². The Balaban J connectivity index is 1.75. The first-order valence-corrected chi connectivity index (χ1v) is 11.5. The minimum Gasteiger partial charge on any atom is -0.374 e. The molecule has 0 aliphatic carbocycles. The third kappa shape index (κ3) is 2.99. The summed E-state index contributed by atoms with van der Waals surface area (Å²) in [5.41, 5.74) is 6.61. The highest BCUT2D eigenvalue weighted by molar-refractivity contribution is 7.92. The first-order valence-electron chi connectivity index (χ1n) is 10.1. The monoisotopic (exact) mass is 436 g/mol. The van der Waals surface area contributed by atoms with E-state index in [1.807, 2.05) is 30.8 Å². The fourth-order valence-corrected chi connectivity index (χ4v) is 5.41.